The quantitative estimate of drug-likeness (QED) is 0.618. The Morgan fingerprint density at radius 1 is 1.53 bits per heavy atom. The van der Waals surface area contributed by atoms with Crippen LogP contribution in [0, 0.1) is 5.41 Å². The second-order valence-corrected chi connectivity index (χ2v) is 6.95. The summed E-state index contributed by atoms with van der Waals surface area (Å²) in [6.45, 7) is 1.31. The summed E-state index contributed by atoms with van der Waals surface area (Å²) in [4.78, 5) is 12.1. The molecule has 2 heterocycles. The molecular weight excluding hydrogens is 242 g/mol. The fourth-order valence-corrected chi connectivity index (χ4v) is 4.58. The summed E-state index contributed by atoms with van der Waals surface area (Å²) < 4.78 is 25.1. The minimum Gasteiger partial charge on any atom is -0.359 e. The lowest BCUT2D eigenvalue weighted by Crippen LogP contribution is -2.66. The van der Waals surface area contributed by atoms with E-state index in [4.69, 9.17) is 0 Å². The first kappa shape index (κ1) is 12.8. The standard InChI is InChI=1S/C10H19N3O3S/c1-11-9(14)10-4-6-17(15,16)13(2)8(10)3-5-12-7-10/h8,12H,3-7H2,1-2H3,(H,11,14)/t8-,10+/m1/s1. The molecule has 0 unspecified atom stereocenters. The van der Waals surface area contributed by atoms with Crippen molar-refractivity contribution in [2.75, 3.05) is 32.9 Å². The number of hydrogen-bond donors (Lipinski definition) is 2. The summed E-state index contributed by atoms with van der Waals surface area (Å²) in [6.07, 6.45) is 1.08. The van der Waals surface area contributed by atoms with Gasteiger partial charge in [-0.3, -0.25) is 4.79 Å². The Labute approximate surface area is 102 Å². The predicted molar refractivity (Wildman–Crippen MR) is 63.9 cm³/mol. The molecule has 98 valence electrons. The molecule has 0 saturated carbocycles. The summed E-state index contributed by atoms with van der Waals surface area (Å²) in [5, 5.41) is 5.88. The average molecular weight is 261 g/mol. The van der Waals surface area contributed by atoms with E-state index in [9.17, 15) is 13.2 Å². The van der Waals surface area contributed by atoms with Crippen LogP contribution < -0.4 is 10.6 Å². The van der Waals surface area contributed by atoms with Crippen LogP contribution in [0.15, 0.2) is 0 Å². The average Bonchev–Trinajstić information content (AvgIpc) is 2.33. The molecule has 2 fully saturated rings. The zero-order valence-corrected chi connectivity index (χ0v) is 11.0. The number of carbonyl (C=O) groups excluding carboxylic acids is 1. The van der Waals surface area contributed by atoms with Gasteiger partial charge in [0.05, 0.1) is 11.2 Å². The van der Waals surface area contributed by atoms with Crippen LogP contribution >= 0.6 is 0 Å². The zero-order chi connectivity index (χ0) is 12.7. The van der Waals surface area contributed by atoms with Crippen LogP contribution in [-0.4, -0.2) is 57.6 Å². The number of rotatable bonds is 1. The van der Waals surface area contributed by atoms with Crippen LogP contribution in [0.5, 0.6) is 0 Å². The van der Waals surface area contributed by atoms with E-state index in [1.807, 2.05) is 0 Å². The number of nitrogens with one attached hydrogen (secondary N) is 2. The Morgan fingerprint density at radius 2 is 2.24 bits per heavy atom. The highest BCUT2D eigenvalue weighted by Gasteiger charge is 2.54. The van der Waals surface area contributed by atoms with Gasteiger partial charge in [-0.2, -0.15) is 0 Å². The Hall–Kier alpha value is -0.660. The third kappa shape index (κ3) is 1.86. The normalized spacial score (nSPS) is 37.2. The fraction of sp³-hybridized carbons (Fsp3) is 0.900. The van der Waals surface area contributed by atoms with E-state index >= 15 is 0 Å². The van der Waals surface area contributed by atoms with Crippen LogP contribution in [0.1, 0.15) is 12.8 Å². The molecule has 0 aromatic rings. The van der Waals surface area contributed by atoms with Crippen molar-refractivity contribution in [3.05, 3.63) is 0 Å². The number of carbonyl (C=O) groups is 1. The monoisotopic (exact) mass is 261 g/mol. The molecule has 2 rings (SSSR count). The van der Waals surface area contributed by atoms with Gasteiger partial charge >= 0.3 is 0 Å². The highest BCUT2D eigenvalue weighted by atomic mass is 32.2. The molecule has 0 bridgehead atoms. The largest absolute Gasteiger partial charge is 0.359 e. The Kier molecular flexibility index (Phi) is 3.17. The van der Waals surface area contributed by atoms with Gasteiger partial charge in [-0.25, -0.2) is 12.7 Å². The lowest BCUT2D eigenvalue weighted by atomic mass is 9.73. The van der Waals surface area contributed by atoms with Crippen molar-refractivity contribution in [1.82, 2.24) is 14.9 Å². The van der Waals surface area contributed by atoms with E-state index in [2.05, 4.69) is 10.6 Å². The highest BCUT2D eigenvalue weighted by molar-refractivity contribution is 7.89. The van der Waals surface area contributed by atoms with E-state index in [0.29, 0.717) is 19.4 Å². The van der Waals surface area contributed by atoms with E-state index in [1.54, 1.807) is 14.1 Å². The van der Waals surface area contributed by atoms with Crippen LogP contribution in [-0.2, 0) is 14.8 Å². The molecule has 2 aliphatic rings. The number of hydrogen-bond acceptors (Lipinski definition) is 4. The van der Waals surface area contributed by atoms with Crippen LogP contribution in [0.25, 0.3) is 0 Å². The van der Waals surface area contributed by atoms with Gasteiger partial charge in [0.1, 0.15) is 0 Å². The third-order valence-corrected chi connectivity index (χ3v) is 5.89. The Balaban J connectivity index is 2.39. The van der Waals surface area contributed by atoms with Gasteiger partial charge in [-0.1, -0.05) is 0 Å². The molecule has 0 aromatic carbocycles. The molecule has 2 N–H and O–H groups in total. The van der Waals surface area contributed by atoms with Gasteiger partial charge in [0.2, 0.25) is 15.9 Å². The van der Waals surface area contributed by atoms with Crippen molar-refractivity contribution < 1.29 is 13.2 Å². The van der Waals surface area contributed by atoms with Gasteiger partial charge in [0, 0.05) is 26.7 Å². The van der Waals surface area contributed by atoms with E-state index in [0.717, 1.165) is 6.54 Å². The number of amides is 1. The molecule has 2 aliphatic heterocycles. The lowest BCUT2D eigenvalue weighted by molar-refractivity contribution is -0.135. The summed E-state index contributed by atoms with van der Waals surface area (Å²) in [5.41, 5.74) is -0.604. The first-order valence-electron chi connectivity index (χ1n) is 5.83. The van der Waals surface area contributed by atoms with Crippen molar-refractivity contribution in [3.63, 3.8) is 0 Å². The molecule has 0 aliphatic carbocycles. The van der Waals surface area contributed by atoms with Crippen molar-refractivity contribution in [1.29, 1.82) is 0 Å². The van der Waals surface area contributed by atoms with Crippen molar-refractivity contribution >= 4 is 15.9 Å². The van der Waals surface area contributed by atoms with Crippen molar-refractivity contribution in [3.8, 4) is 0 Å². The molecule has 2 atom stereocenters. The molecule has 0 radical (unpaired) electrons. The maximum atomic E-state index is 12.1. The Morgan fingerprint density at radius 3 is 2.88 bits per heavy atom. The van der Waals surface area contributed by atoms with Gasteiger partial charge in [-0.15, -0.1) is 0 Å². The molecule has 2 saturated heterocycles. The molecule has 0 aromatic heterocycles. The van der Waals surface area contributed by atoms with E-state index in [-0.39, 0.29) is 17.7 Å². The topological polar surface area (TPSA) is 78.5 Å². The lowest BCUT2D eigenvalue weighted by Gasteiger charge is -2.49. The first-order valence-corrected chi connectivity index (χ1v) is 7.43. The minimum atomic E-state index is -3.19. The molecule has 6 nitrogen and oxygen atoms in total. The molecular formula is C10H19N3O3S. The second-order valence-electron chi connectivity index (χ2n) is 4.80. The minimum absolute atomic E-state index is 0.0507. The predicted octanol–water partition coefficient (Wildman–Crippen LogP) is -1.25. The second kappa shape index (κ2) is 4.22. The van der Waals surface area contributed by atoms with E-state index < -0.39 is 15.4 Å². The van der Waals surface area contributed by atoms with Crippen LogP contribution in [0.2, 0.25) is 0 Å². The SMILES string of the molecule is CNC(=O)[C@]12CCS(=O)(=O)N(C)[C@@H]1CCNC2. The molecule has 1 amide bonds. The molecule has 0 spiro atoms. The van der Waals surface area contributed by atoms with Gasteiger partial charge in [-0.05, 0) is 19.4 Å². The smallest absolute Gasteiger partial charge is 0.228 e. The highest BCUT2D eigenvalue weighted by Crippen LogP contribution is 2.39. The summed E-state index contributed by atoms with van der Waals surface area (Å²) in [6, 6.07) is -0.220. The maximum Gasteiger partial charge on any atom is 0.228 e. The summed E-state index contributed by atoms with van der Waals surface area (Å²) in [5.74, 6) is -0.00815. The number of fused-ring (bicyclic) bond motifs is 1. The summed E-state index contributed by atoms with van der Waals surface area (Å²) >= 11 is 0. The summed E-state index contributed by atoms with van der Waals surface area (Å²) in [7, 11) is 0.00236. The molecule has 17 heavy (non-hydrogen) atoms. The van der Waals surface area contributed by atoms with Gasteiger partial charge < -0.3 is 10.6 Å². The number of piperidine rings is 1. The number of nitrogens with zero attached hydrogens (tertiary/aromatic N) is 1. The van der Waals surface area contributed by atoms with Gasteiger partial charge in [0.25, 0.3) is 0 Å². The molecule has 7 heteroatoms. The first-order chi connectivity index (χ1) is 7.94. The van der Waals surface area contributed by atoms with Gasteiger partial charge in [0.15, 0.2) is 0 Å². The maximum absolute atomic E-state index is 12.1. The van der Waals surface area contributed by atoms with Crippen LogP contribution in [0.3, 0.4) is 0 Å². The van der Waals surface area contributed by atoms with Crippen molar-refractivity contribution in [2.24, 2.45) is 5.41 Å². The van der Waals surface area contributed by atoms with E-state index in [1.165, 1.54) is 4.31 Å². The Bertz CT molecular complexity index is 423. The third-order valence-electron chi connectivity index (χ3n) is 4.04. The van der Waals surface area contributed by atoms with Crippen molar-refractivity contribution in [2.45, 2.75) is 18.9 Å². The fourth-order valence-electron chi connectivity index (χ4n) is 2.97. The number of sulfonamides is 1. The van der Waals surface area contributed by atoms with Crippen LogP contribution in [0.4, 0.5) is 0 Å². The zero-order valence-electron chi connectivity index (χ0n) is 10.2.